The van der Waals surface area contributed by atoms with Gasteiger partial charge in [-0.05, 0) is 36.4 Å². The second-order valence-electron chi connectivity index (χ2n) is 5.58. The third-order valence-corrected chi connectivity index (χ3v) is 4.51. The molecule has 0 aliphatic carbocycles. The van der Waals surface area contributed by atoms with E-state index in [1.54, 1.807) is 24.3 Å². The Morgan fingerprint density at radius 2 is 1.89 bits per heavy atom. The van der Waals surface area contributed by atoms with Crippen molar-refractivity contribution in [1.82, 2.24) is 4.57 Å². The van der Waals surface area contributed by atoms with Crippen LogP contribution in [0.2, 0.25) is 0 Å². The lowest BCUT2D eigenvalue weighted by atomic mass is 10.1. The Morgan fingerprint density at radius 3 is 2.56 bits per heavy atom. The van der Waals surface area contributed by atoms with Crippen LogP contribution >= 0.6 is 11.8 Å². The summed E-state index contributed by atoms with van der Waals surface area (Å²) in [5, 5.41) is 12.2. The highest BCUT2D eigenvalue weighted by Crippen LogP contribution is 2.26. The Morgan fingerprint density at radius 1 is 1.19 bits per heavy atom. The molecule has 3 aromatic rings. The number of benzene rings is 2. The number of nitrogens with zero attached hydrogens (tertiary/aromatic N) is 2. The average molecular weight is 385 g/mol. The van der Waals surface area contributed by atoms with Crippen molar-refractivity contribution in [3.63, 3.8) is 0 Å². The average Bonchev–Trinajstić information content (AvgIpc) is 2.65. The number of halogens is 2. The fourth-order valence-corrected chi connectivity index (χ4v) is 3.13. The van der Waals surface area contributed by atoms with Crippen LogP contribution in [0.5, 0.6) is 0 Å². The predicted molar refractivity (Wildman–Crippen MR) is 99.9 cm³/mol. The number of fused-ring (bicyclic) bond motifs is 1. The molecular weight excluding hydrogens is 372 g/mol. The zero-order valence-electron chi connectivity index (χ0n) is 13.9. The van der Waals surface area contributed by atoms with Crippen molar-refractivity contribution in [2.24, 2.45) is 0 Å². The summed E-state index contributed by atoms with van der Waals surface area (Å²) in [5.74, 6) is -2.88. The zero-order chi connectivity index (χ0) is 19.4. The molecule has 3 rings (SSSR count). The van der Waals surface area contributed by atoms with Crippen molar-refractivity contribution in [2.75, 3.05) is 5.32 Å². The highest BCUT2D eigenvalue weighted by molar-refractivity contribution is 7.99. The molecule has 0 bridgehead atoms. The molecule has 5 nitrogen and oxygen atoms in total. The van der Waals surface area contributed by atoms with E-state index in [9.17, 15) is 18.4 Å². The number of nitrogens with one attached hydrogen (secondary N) is 1. The van der Waals surface area contributed by atoms with Crippen LogP contribution in [-0.2, 0) is 11.3 Å². The van der Waals surface area contributed by atoms with E-state index < -0.39 is 5.76 Å². The fourth-order valence-electron chi connectivity index (χ4n) is 2.63. The first-order chi connectivity index (χ1) is 13.0. The standard InChI is InChI=1S/C19H13F2N3O2S/c20-19(21)27-14-7-5-13(6-8-14)23-17(25)11-24-10-12(9-22)18(26)15-3-1-2-4-16(15)24/h1-8,10,19H,11H2,(H,23,25). The monoisotopic (exact) mass is 385 g/mol. The second-order valence-corrected chi connectivity index (χ2v) is 6.64. The first kappa shape index (κ1) is 18.6. The van der Waals surface area contributed by atoms with E-state index in [-0.39, 0.29) is 23.4 Å². The number of hydrogen-bond donors (Lipinski definition) is 1. The van der Waals surface area contributed by atoms with Gasteiger partial charge in [0.25, 0.3) is 5.76 Å². The molecule has 2 aromatic carbocycles. The van der Waals surface area contributed by atoms with Crippen LogP contribution in [0.15, 0.2) is 64.4 Å². The van der Waals surface area contributed by atoms with Crippen LogP contribution in [-0.4, -0.2) is 16.2 Å². The van der Waals surface area contributed by atoms with Gasteiger partial charge in [0.2, 0.25) is 11.3 Å². The maximum absolute atomic E-state index is 12.4. The molecule has 27 heavy (non-hydrogen) atoms. The minimum atomic E-state index is -2.51. The van der Waals surface area contributed by atoms with E-state index in [0.29, 0.717) is 33.2 Å². The van der Waals surface area contributed by atoms with E-state index in [4.69, 9.17) is 5.26 Å². The van der Waals surface area contributed by atoms with Gasteiger partial charge in [0, 0.05) is 22.2 Å². The molecule has 1 amide bonds. The summed E-state index contributed by atoms with van der Waals surface area (Å²) < 4.78 is 26.2. The quantitative estimate of drug-likeness (QED) is 0.678. The van der Waals surface area contributed by atoms with Crippen LogP contribution in [0.25, 0.3) is 10.9 Å². The first-order valence-corrected chi connectivity index (χ1v) is 8.73. The van der Waals surface area contributed by atoms with E-state index in [0.717, 1.165) is 0 Å². The van der Waals surface area contributed by atoms with Gasteiger partial charge in [-0.1, -0.05) is 23.9 Å². The highest BCUT2D eigenvalue weighted by Gasteiger charge is 2.11. The minimum absolute atomic E-state index is 0.0464. The minimum Gasteiger partial charge on any atom is -0.336 e. The lowest BCUT2D eigenvalue weighted by Gasteiger charge is -2.12. The molecule has 0 saturated carbocycles. The van der Waals surface area contributed by atoms with Crippen molar-refractivity contribution in [2.45, 2.75) is 17.2 Å². The van der Waals surface area contributed by atoms with Gasteiger partial charge in [0.1, 0.15) is 18.2 Å². The number of amides is 1. The number of aromatic nitrogens is 1. The number of para-hydroxylation sites is 1. The second kappa shape index (κ2) is 8.01. The lowest BCUT2D eigenvalue weighted by Crippen LogP contribution is -2.21. The van der Waals surface area contributed by atoms with Gasteiger partial charge in [-0.3, -0.25) is 9.59 Å². The summed E-state index contributed by atoms with van der Waals surface area (Å²) in [7, 11) is 0. The van der Waals surface area contributed by atoms with Crippen molar-refractivity contribution in [1.29, 1.82) is 5.26 Å². The number of carbonyl (C=O) groups is 1. The molecule has 136 valence electrons. The van der Waals surface area contributed by atoms with Crippen LogP contribution in [0.4, 0.5) is 14.5 Å². The molecule has 1 heterocycles. The van der Waals surface area contributed by atoms with Crippen molar-refractivity contribution < 1.29 is 13.6 Å². The highest BCUT2D eigenvalue weighted by atomic mass is 32.2. The van der Waals surface area contributed by atoms with Crippen LogP contribution in [0, 0.1) is 11.3 Å². The van der Waals surface area contributed by atoms with Crippen molar-refractivity contribution >= 4 is 34.3 Å². The topological polar surface area (TPSA) is 74.9 Å². The Labute approximate surface area is 157 Å². The maximum Gasteiger partial charge on any atom is 0.288 e. The Kier molecular flexibility index (Phi) is 5.52. The van der Waals surface area contributed by atoms with Gasteiger partial charge in [-0.25, -0.2) is 0 Å². The maximum atomic E-state index is 12.4. The fraction of sp³-hybridized carbons (Fsp3) is 0.105. The number of rotatable bonds is 5. The normalized spacial score (nSPS) is 10.7. The number of carbonyl (C=O) groups excluding carboxylic acids is 1. The van der Waals surface area contributed by atoms with Gasteiger partial charge in [0.05, 0.1) is 5.52 Å². The van der Waals surface area contributed by atoms with Crippen LogP contribution in [0.3, 0.4) is 0 Å². The van der Waals surface area contributed by atoms with E-state index >= 15 is 0 Å². The van der Waals surface area contributed by atoms with Gasteiger partial charge in [-0.15, -0.1) is 0 Å². The third kappa shape index (κ3) is 4.33. The number of alkyl halides is 2. The van der Waals surface area contributed by atoms with Crippen molar-refractivity contribution in [3.8, 4) is 6.07 Å². The summed E-state index contributed by atoms with van der Waals surface area (Å²) in [6, 6.07) is 14.6. The summed E-state index contributed by atoms with van der Waals surface area (Å²) in [4.78, 5) is 25.0. The number of thioether (sulfide) groups is 1. The summed E-state index contributed by atoms with van der Waals surface area (Å²) in [6.45, 7) is -0.108. The number of anilines is 1. The summed E-state index contributed by atoms with van der Waals surface area (Å²) in [5.41, 5.74) is 0.580. The Hall–Kier alpha value is -3.18. The van der Waals surface area contributed by atoms with Gasteiger partial charge in [0.15, 0.2) is 0 Å². The largest absolute Gasteiger partial charge is 0.336 e. The Bertz CT molecular complexity index is 1090. The molecule has 0 spiro atoms. The molecule has 0 atom stereocenters. The first-order valence-electron chi connectivity index (χ1n) is 7.85. The molecule has 0 aliphatic rings. The molecular formula is C19H13F2N3O2S. The molecule has 0 radical (unpaired) electrons. The van der Waals surface area contributed by atoms with E-state index in [2.05, 4.69) is 5.32 Å². The third-order valence-electron chi connectivity index (χ3n) is 3.79. The molecule has 1 N–H and O–H groups in total. The number of pyridine rings is 1. The molecule has 8 heteroatoms. The molecule has 0 aliphatic heterocycles. The molecule has 0 unspecified atom stereocenters. The zero-order valence-corrected chi connectivity index (χ0v) is 14.7. The lowest BCUT2D eigenvalue weighted by molar-refractivity contribution is -0.116. The van der Waals surface area contributed by atoms with Gasteiger partial charge in [-0.2, -0.15) is 14.0 Å². The van der Waals surface area contributed by atoms with Gasteiger partial charge >= 0.3 is 0 Å². The number of nitriles is 1. The molecule has 1 aromatic heterocycles. The predicted octanol–water partition coefficient (Wildman–Crippen LogP) is 3.83. The number of hydrogen-bond acceptors (Lipinski definition) is 4. The van der Waals surface area contributed by atoms with Crippen molar-refractivity contribution in [3.05, 3.63) is 70.5 Å². The van der Waals surface area contributed by atoms with E-state index in [1.807, 2.05) is 6.07 Å². The Balaban J connectivity index is 1.81. The van der Waals surface area contributed by atoms with E-state index in [1.165, 1.54) is 35.0 Å². The summed E-state index contributed by atoms with van der Waals surface area (Å²) in [6.07, 6.45) is 1.35. The van der Waals surface area contributed by atoms with Gasteiger partial charge < -0.3 is 9.88 Å². The van der Waals surface area contributed by atoms with Crippen LogP contribution < -0.4 is 10.7 Å². The SMILES string of the molecule is N#Cc1cn(CC(=O)Nc2ccc(SC(F)F)cc2)c2ccccc2c1=O. The summed E-state index contributed by atoms with van der Waals surface area (Å²) >= 11 is 0.425. The van der Waals surface area contributed by atoms with Crippen LogP contribution in [0.1, 0.15) is 5.56 Å². The molecule has 0 fully saturated rings. The smallest absolute Gasteiger partial charge is 0.288 e. The molecule has 0 saturated heterocycles.